The monoisotopic (exact) mass is 1220 g/mol. The number of hydrogen-bond donors (Lipinski definition) is 1. The van der Waals surface area contributed by atoms with Gasteiger partial charge in [0.15, 0.2) is 17.9 Å². The molecule has 2 aliphatic heterocycles. The summed E-state index contributed by atoms with van der Waals surface area (Å²) in [6.07, 6.45) is 13.4. The minimum Gasteiger partial charge on any atom is -0.462 e. The molecule has 0 saturated carbocycles. The maximum atomic E-state index is 12.9. The Hall–Kier alpha value is -2.38. The summed E-state index contributed by atoms with van der Waals surface area (Å²) in [6.45, 7) is 43.8. The number of aryl methyl sites for hydroxylation is 4. The van der Waals surface area contributed by atoms with Gasteiger partial charge in [0.25, 0.3) is 0 Å². The first kappa shape index (κ1) is 74.6. The van der Waals surface area contributed by atoms with E-state index >= 15 is 0 Å². The summed E-state index contributed by atoms with van der Waals surface area (Å²) in [5.41, 5.74) is 6.80. The van der Waals surface area contributed by atoms with Crippen LogP contribution in [-0.2, 0) is 33.2 Å². The summed E-state index contributed by atoms with van der Waals surface area (Å²) >= 11 is 6.59. The fraction of sp³-hybridized carbons (Fsp3) is 0.613. The van der Waals surface area contributed by atoms with E-state index in [1.807, 2.05) is 97.0 Å². The molecule has 2 fully saturated rings. The molecule has 0 amide bonds. The third-order valence-electron chi connectivity index (χ3n) is 12.3. The molecule has 2 aliphatic rings. The molecule has 2 saturated heterocycles. The van der Waals surface area contributed by atoms with Crippen molar-refractivity contribution in [2.45, 2.75) is 222 Å². The number of ether oxygens (including phenoxy) is 6. The summed E-state index contributed by atoms with van der Waals surface area (Å²) in [5.74, 6) is 4.78. The van der Waals surface area contributed by atoms with Gasteiger partial charge in [-0.1, -0.05) is 164 Å². The Labute approximate surface area is 497 Å². The largest absolute Gasteiger partial charge is 1.00 e. The predicted molar refractivity (Wildman–Crippen MR) is 329 cm³/mol. The summed E-state index contributed by atoms with van der Waals surface area (Å²) in [4.78, 5) is 37.0. The number of esters is 2. The van der Waals surface area contributed by atoms with E-state index in [0.717, 1.165) is 68.0 Å². The van der Waals surface area contributed by atoms with Gasteiger partial charge in [0.1, 0.15) is 18.3 Å². The number of unbranched alkanes of at least 4 members (excludes halogenated alkanes) is 1. The van der Waals surface area contributed by atoms with Gasteiger partial charge in [-0.25, -0.2) is 9.59 Å². The molecule has 2 heterocycles. The number of carbonyl (C=O) groups excluding carboxylic acids is 3. The van der Waals surface area contributed by atoms with Gasteiger partial charge < -0.3 is 45.2 Å². The van der Waals surface area contributed by atoms with Crippen LogP contribution in [0.5, 0.6) is 0 Å². The van der Waals surface area contributed by atoms with Gasteiger partial charge in [-0.15, -0.1) is 0 Å². The fourth-order valence-electron chi connectivity index (χ4n) is 7.74. The standard InChI is InChI=1S/C29H44O5Si.C23H34O5Si.C6H10Br2.C4H9.Li/c1-10-20(2)14-15-24(30)27-25(33-29(5,6)34-27)13-11-12-23-19-21(3)18-22(4)26(23)28(31)32-16-17-35(7,8)9;1-16-13-17(2)21(22(25)26-11-12-29(5,6)7)18(14-16)9-8-10-19-20(15-24)28-23(3,4)27-19;1-3-5(2)4-6(7)8;1-3-4-2;/h11-12,18-20,24-25,27,30H,10,13,16-17H2,1-9H3;8-9,13-15,19-20H,10-12H2,1-7H3;4-5H,3H2,1-2H3;1,3-4H2,2H3;/q;;;-1;+1/b12-11+;9-8+;;;/t20-,24?,25+,27-;19-,20+;5-;;/m100../s1. The normalized spacial score (nSPS) is 19.6. The number of aliphatic hydroxyl groups excluding tert-OH is 1. The minimum absolute atomic E-state index is 0. The molecular formula is C62H97Br2LiO10Si2. The van der Waals surface area contributed by atoms with Crippen molar-refractivity contribution in [3.05, 3.63) is 97.3 Å². The van der Waals surface area contributed by atoms with Crippen molar-refractivity contribution in [2.75, 3.05) is 13.2 Å². The predicted octanol–water partition coefficient (Wildman–Crippen LogP) is 13.3. The number of aldehydes is 1. The van der Waals surface area contributed by atoms with Crippen molar-refractivity contribution in [1.82, 2.24) is 0 Å². The molecule has 0 bridgehead atoms. The summed E-state index contributed by atoms with van der Waals surface area (Å²) in [5, 5.41) is 10.7. The molecule has 15 heteroatoms. The van der Waals surface area contributed by atoms with Crippen molar-refractivity contribution in [3.63, 3.8) is 0 Å². The number of hydrogen-bond acceptors (Lipinski definition) is 10. The smallest absolute Gasteiger partial charge is 0.462 e. The van der Waals surface area contributed by atoms with Crippen LogP contribution in [0, 0.1) is 58.3 Å². The second-order valence-corrected chi connectivity index (χ2v) is 37.4. The molecule has 10 nitrogen and oxygen atoms in total. The molecule has 0 aromatic heterocycles. The van der Waals surface area contributed by atoms with E-state index < -0.39 is 46.0 Å². The van der Waals surface area contributed by atoms with Crippen LogP contribution in [0.25, 0.3) is 12.2 Å². The maximum absolute atomic E-state index is 12.9. The van der Waals surface area contributed by atoms with Crippen molar-refractivity contribution in [3.8, 4) is 11.8 Å². The first-order chi connectivity index (χ1) is 35.2. The van der Waals surface area contributed by atoms with E-state index in [4.69, 9.17) is 28.4 Å². The zero-order valence-electron chi connectivity index (χ0n) is 51.0. The summed E-state index contributed by atoms with van der Waals surface area (Å²) < 4.78 is 35.7. The Morgan fingerprint density at radius 3 is 1.53 bits per heavy atom. The Morgan fingerprint density at radius 2 is 1.16 bits per heavy atom. The Bertz CT molecular complexity index is 2280. The van der Waals surface area contributed by atoms with Crippen LogP contribution in [0.4, 0.5) is 0 Å². The molecule has 1 unspecified atom stereocenters. The number of carbonyl (C=O) groups is 3. The van der Waals surface area contributed by atoms with E-state index in [2.05, 4.69) is 124 Å². The first-order valence-corrected chi connectivity index (χ1v) is 36.3. The third-order valence-corrected chi connectivity index (χ3v) is 16.3. The molecule has 0 radical (unpaired) electrons. The van der Waals surface area contributed by atoms with Gasteiger partial charge in [0, 0.05) is 22.1 Å². The summed E-state index contributed by atoms with van der Waals surface area (Å²) in [6, 6.07) is 9.85. The summed E-state index contributed by atoms with van der Waals surface area (Å²) in [7, 11) is -2.55. The van der Waals surface area contributed by atoms with E-state index in [1.54, 1.807) is 13.8 Å². The number of rotatable bonds is 20. The van der Waals surface area contributed by atoms with E-state index in [-0.39, 0.29) is 48.9 Å². The second-order valence-electron chi connectivity index (χ2n) is 23.4. The Balaban J connectivity index is 0.00000123. The van der Waals surface area contributed by atoms with Crippen LogP contribution >= 0.6 is 31.9 Å². The maximum Gasteiger partial charge on any atom is 1.00 e. The van der Waals surface area contributed by atoms with Crippen LogP contribution < -0.4 is 18.9 Å². The third kappa shape index (κ3) is 30.3. The molecule has 1 N–H and O–H groups in total. The molecule has 2 aromatic carbocycles. The Kier molecular flexibility index (Phi) is 35.0. The average molecular weight is 1230 g/mol. The molecule has 0 spiro atoms. The van der Waals surface area contributed by atoms with Gasteiger partial charge in [-0.3, -0.25) is 0 Å². The van der Waals surface area contributed by atoms with Gasteiger partial charge >= 0.3 is 30.8 Å². The molecule has 77 heavy (non-hydrogen) atoms. The fourth-order valence-corrected chi connectivity index (χ4v) is 10.1. The molecule has 0 aliphatic carbocycles. The number of allylic oxidation sites excluding steroid dienone is 1. The average Bonchev–Trinajstić information content (AvgIpc) is 3.79. The van der Waals surface area contributed by atoms with Crippen LogP contribution in [0.2, 0.25) is 51.4 Å². The van der Waals surface area contributed by atoms with E-state index in [9.17, 15) is 19.5 Å². The van der Waals surface area contributed by atoms with Crippen molar-refractivity contribution in [1.29, 1.82) is 0 Å². The number of aliphatic hydroxyl groups is 1. The van der Waals surface area contributed by atoms with Gasteiger partial charge in [-0.2, -0.15) is 6.42 Å². The van der Waals surface area contributed by atoms with Crippen LogP contribution in [0.15, 0.2) is 45.9 Å². The van der Waals surface area contributed by atoms with Gasteiger partial charge in [0.05, 0.1) is 39.9 Å². The zero-order chi connectivity index (χ0) is 58.2. The van der Waals surface area contributed by atoms with Crippen molar-refractivity contribution < 1.29 is 66.8 Å². The van der Waals surface area contributed by atoms with Crippen LogP contribution in [0.1, 0.15) is 155 Å². The van der Waals surface area contributed by atoms with Crippen LogP contribution in [0.3, 0.4) is 0 Å². The second kappa shape index (κ2) is 36.2. The van der Waals surface area contributed by atoms with E-state index in [0.29, 0.717) is 43.1 Å². The number of halogens is 2. The van der Waals surface area contributed by atoms with Crippen molar-refractivity contribution in [2.24, 2.45) is 11.8 Å². The zero-order valence-corrected chi connectivity index (χ0v) is 56.1. The molecular weight excluding hydrogens is 1130 g/mol. The minimum atomic E-state index is -1.29. The quantitative estimate of drug-likeness (QED) is 0.0450. The number of benzene rings is 2. The Morgan fingerprint density at radius 1 is 0.727 bits per heavy atom. The topological polar surface area (TPSA) is 127 Å². The molecule has 7 atom stereocenters. The molecule has 2 aromatic rings. The SMILES string of the molecule is CC[C@@H](C)C#CC(O)[C@H]1OC(C)(C)O[C@H]1C/C=C/c1cc(C)cc(C)c1C(=O)OCC[Si](C)(C)C.CC[C@H](C)C=C(Br)Br.Cc1cc(C)c(C(=O)OCC[Si](C)(C)C)c(/C=C/C[C@@H]2OC(C)(C)O[C@@H]2C=O)c1.[CH2-]CCC.[Li+]. The molecule has 428 valence electrons. The molecule has 4 rings (SSSR count). The van der Waals surface area contributed by atoms with Gasteiger partial charge in [0.2, 0.25) is 0 Å². The van der Waals surface area contributed by atoms with E-state index in [1.165, 1.54) is 12.8 Å². The first-order valence-electron chi connectivity index (χ1n) is 27.3. The van der Waals surface area contributed by atoms with Crippen LogP contribution in [-0.4, -0.2) is 94.8 Å². The van der Waals surface area contributed by atoms with Gasteiger partial charge in [-0.05, 0) is 147 Å². The van der Waals surface area contributed by atoms with Crippen molar-refractivity contribution >= 4 is 78.4 Å².